The van der Waals surface area contributed by atoms with Crippen molar-refractivity contribution in [3.63, 3.8) is 0 Å². The van der Waals surface area contributed by atoms with Crippen LogP contribution < -0.4 is 10.6 Å². The van der Waals surface area contributed by atoms with Gasteiger partial charge in [-0.05, 0) is 39.7 Å². The Kier molecular flexibility index (Phi) is 5.55. The van der Waals surface area contributed by atoms with Gasteiger partial charge in [0.2, 0.25) is 11.8 Å². The van der Waals surface area contributed by atoms with Crippen molar-refractivity contribution in [3.8, 4) is 0 Å². The van der Waals surface area contributed by atoms with Crippen LogP contribution in [0.5, 0.6) is 0 Å². The van der Waals surface area contributed by atoms with Crippen LogP contribution in [0.1, 0.15) is 52.0 Å². The van der Waals surface area contributed by atoms with E-state index in [0.717, 1.165) is 32.5 Å². The number of piperidine rings is 1. The fourth-order valence-corrected chi connectivity index (χ4v) is 2.50. The average Bonchev–Trinajstić information content (AvgIpc) is 2.96. The second-order valence-electron chi connectivity index (χ2n) is 5.48. The molecule has 1 amide bonds. The summed E-state index contributed by atoms with van der Waals surface area (Å²) in [7, 11) is 0. The largest absolute Gasteiger partial charge is 0.406 e. The number of aromatic nitrogens is 2. The van der Waals surface area contributed by atoms with Crippen molar-refractivity contribution >= 4 is 11.9 Å². The quantitative estimate of drug-likeness (QED) is 0.828. The maximum atomic E-state index is 12.3. The molecular weight excluding hydrogens is 270 g/mol. The van der Waals surface area contributed by atoms with Crippen molar-refractivity contribution < 1.29 is 9.21 Å². The molecule has 7 heteroatoms. The minimum absolute atomic E-state index is 0.00570. The van der Waals surface area contributed by atoms with Gasteiger partial charge in [0.25, 0.3) is 0 Å². The molecule has 0 bridgehead atoms. The van der Waals surface area contributed by atoms with Gasteiger partial charge >= 0.3 is 6.01 Å². The Labute approximate surface area is 125 Å². The molecule has 1 aromatic heterocycles. The van der Waals surface area contributed by atoms with Crippen LogP contribution in [0.2, 0.25) is 0 Å². The summed E-state index contributed by atoms with van der Waals surface area (Å²) in [5, 5.41) is 14.1. The number of nitrogens with zero attached hydrogens (tertiary/aromatic N) is 3. The smallest absolute Gasteiger partial charge is 0.316 e. The summed E-state index contributed by atoms with van der Waals surface area (Å²) in [6.45, 7) is 8.33. The number of hydrogen-bond donors (Lipinski definition) is 2. The lowest BCUT2D eigenvalue weighted by Gasteiger charge is -2.29. The van der Waals surface area contributed by atoms with Crippen LogP contribution in [0.25, 0.3) is 0 Å². The molecule has 7 nitrogen and oxygen atoms in total. The fraction of sp³-hybridized carbons (Fsp3) is 0.786. The zero-order valence-electron chi connectivity index (χ0n) is 13.1. The SMILES string of the molecule is CCNC(C)c1nnc(NC(C)C(=O)N2CCCCC2)o1. The molecule has 1 saturated heterocycles. The zero-order chi connectivity index (χ0) is 15.2. The molecule has 1 aliphatic heterocycles. The lowest BCUT2D eigenvalue weighted by molar-refractivity contribution is -0.132. The van der Waals surface area contributed by atoms with E-state index >= 15 is 0 Å². The third-order valence-corrected chi connectivity index (χ3v) is 3.70. The molecule has 2 unspecified atom stereocenters. The lowest BCUT2D eigenvalue weighted by Crippen LogP contribution is -2.43. The van der Waals surface area contributed by atoms with E-state index in [1.165, 1.54) is 6.42 Å². The molecule has 0 aromatic carbocycles. The second-order valence-corrected chi connectivity index (χ2v) is 5.48. The molecule has 2 N–H and O–H groups in total. The van der Waals surface area contributed by atoms with Crippen molar-refractivity contribution in [3.05, 3.63) is 5.89 Å². The van der Waals surface area contributed by atoms with Crippen molar-refractivity contribution in [2.24, 2.45) is 0 Å². The summed E-state index contributed by atoms with van der Waals surface area (Å²) < 4.78 is 5.54. The molecule has 1 aliphatic rings. The Hall–Kier alpha value is -1.63. The predicted molar refractivity (Wildman–Crippen MR) is 79.9 cm³/mol. The third-order valence-electron chi connectivity index (χ3n) is 3.70. The van der Waals surface area contributed by atoms with Gasteiger partial charge in [-0.1, -0.05) is 12.0 Å². The minimum Gasteiger partial charge on any atom is -0.406 e. The molecule has 2 heterocycles. The highest BCUT2D eigenvalue weighted by molar-refractivity contribution is 5.83. The number of hydrogen-bond acceptors (Lipinski definition) is 6. The minimum atomic E-state index is -0.356. The summed E-state index contributed by atoms with van der Waals surface area (Å²) >= 11 is 0. The van der Waals surface area contributed by atoms with Gasteiger partial charge in [-0.15, -0.1) is 5.10 Å². The monoisotopic (exact) mass is 295 g/mol. The number of amides is 1. The average molecular weight is 295 g/mol. The maximum Gasteiger partial charge on any atom is 0.316 e. The molecule has 0 radical (unpaired) electrons. The van der Waals surface area contributed by atoms with E-state index in [4.69, 9.17) is 4.42 Å². The van der Waals surface area contributed by atoms with E-state index in [2.05, 4.69) is 20.8 Å². The highest BCUT2D eigenvalue weighted by Crippen LogP contribution is 2.15. The van der Waals surface area contributed by atoms with Crippen LogP contribution in [-0.4, -0.2) is 46.7 Å². The summed E-state index contributed by atoms with van der Waals surface area (Å²) in [4.78, 5) is 14.2. The highest BCUT2D eigenvalue weighted by Gasteiger charge is 2.23. The standard InChI is InChI=1S/C14H25N5O2/c1-4-15-10(2)12-17-18-14(21-12)16-11(3)13(20)19-8-6-5-7-9-19/h10-11,15H,4-9H2,1-3H3,(H,16,18). The van der Waals surface area contributed by atoms with Crippen LogP contribution in [-0.2, 0) is 4.79 Å². The van der Waals surface area contributed by atoms with Crippen molar-refractivity contribution in [1.82, 2.24) is 20.4 Å². The van der Waals surface area contributed by atoms with Gasteiger partial charge in [-0.25, -0.2) is 0 Å². The number of carbonyl (C=O) groups excluding carboxylic acids is 1. The number of anilines is 1. The maximum absolute atomic E-state index is 12.3. The van der Waals surface area contributed by atoms with Crippen LogP contribution in [0.4, 0.5) is 6.01 Å². The number of likely N-dealkylation sites (tertiary alicyclic amines) is 1. The highest BCUT2D eigenvalue weighted by atomic mass is 16.4. The van der Waals surface area contributed by atoms with Gasteiger partial charge in [0.15, 0.2) is 0 Å². The summed E-state index contributed by atoms with van der Waals surface area (Å²) in [5.41, 5.74) is 0. The summed E-state index contributed by atoms with van der Waals surface area (Å²) in [5.74, 6) is 0.617. The van der Waals surface area contributed by atoms with Gasteiger partial charge in [-0.3, -0.25) is 4.79 Å². The normalized spacial score (nSPS) is 18.3. The number of nitrogens with one attached hydrogen (secondary N) is 2. The van der Waals surface area contributed by atoms with Crippen molar-refractivity contribution in [2.45, 2.75) is 52.1 Å². The number of carbonyl (C=O) groups is 1. The zero-order valence-corrected chi connectivity index (χ0v) is 13.1. The van der Waals surface area contributed by atoms with E-state index in [1.54, 1.807) is 0 Å². The van der Waals surface area contributed by atoms with Crippen molar-refractivity contribution in [2.75, 3.05) is 25.0 Å². The Morgan fingerprint density at radius 1 is 1.29 bits per heavy atom. The van der Waals surface area contributed by atoms with Gasteiger partial charge < -0.3 is 20.0 Å². The molecule has 2 atom stereocenters. The second kappa shape index (κ2) is 7.40. The lowest BCUT2D eigenvalue weighted by atomic mass is 10.1. The van der Waals surface area contributed by atoms with E-state index in [-0.39, 0.29) is 18.0 Å². The summed E-state index contributed by atoms with van der Waals surface area (Å²) in [6.07, 6.45) is 3.38. The van der Waals surface area contributed by atoms with Gasteiger partial charge in [0.05, 0.1) is 6.04 Å². The molecular formula is C14H25N5O2. The van der Waals surface area contributed by atoms with Gasteiger partial charge in [0.1, 0.15) is 6.04 Å². The molecule has 21 heavy (non-hydrogen) atoms. The molecule has 0 spiro atoms. The molecule has 1 fully saturated rings. The molecule has 1 aromatic rings. The number of rotatable bonds is 6. The summed E-state index contributed by atoms with van der Waals surface area (Å²) in [6, 6.07) is -0.0513. The van der Waals surface area contributed by atoms with E-state index in [0.29, 0.717) is 11.9 Å². The molecule has 2 rings (SSSR count). The Morgan fingerprint density at radius 3 is 2.67 bits per heavy atom. The molecule has 118 valence electrons. The van der Waals surface area contributed by atoms with Crippen LogP contribution in [0.15, 0.2) is 4.42 Å². The molecule has 0 aliphatic carbocycles. The van der Waals surface area contributed by atoms with Crippen LogP contribution in [0, 0.1) is 0 Å². The van der Waals surface area contributed by atoms with E-state index in [9.17, 15) is 4.79 Å². The van der Waals surface area contributed by atoms with Gasteiger partial charge in [-0.2, -0.15) is 0 Å². The molecule has 0 saturated carbocycles. The Balaban J connectivity index is 1.89. The first kappa shape index (κ1) is 15.8. The van der Waals surface area contributed by atoms with E-state index in [1.807, 2.05) is 25.7 Å². The first-order valence-electron chi connectivity index (χ1n) is 7.74. The Bertz CT molecular complexity index is 456. The topological polar surface area (TPSA) is 83.3 Å². The van der Waals surface area contributed by atoms with Crippen LogP contribution in [0.3, 0.4) is 0 Å². The first-order chi connectivity index (χ1) is 10.1. The Morgan fingerprint density at radius 2 is 2.00 bits per heavy atom. The first-order valence-corrected chi connectivity index (χ1v) is 7.74. The van der Waals surface area contributed by atoms with E-state index < -0.39 is 0 Å². The fourth-order valence-electron chi connectivity index (χ4n) is 2.50. The van der Waals surface area contributed by atoms with Gasteiger partial charge in [0, 0.05) is 13.1 Å². The van der Waals surface area contributed by atoms with Crippen molar-refractivity contribution in [1.29, 1.82) is 0 Å². The van der Waals surface area contributed by atoms with Crippen LogP contribution >= 0.6 is 0 Å². The third kappa shape index (κ3) is 4.17. The predicted octanol–water partition coefficient (Wildman–Crippen LogP) is 1.55.